The zero-order valence-electron chi connectivity index (χ0n) is 11.6. The lowest BCUT2D eigenvalue weighted by molar-refractivity contribution is 0.168. The van der Waals surface area contributed by atoms with Crippen LogP contribution in [0.1, 0.15) is 11.1 Å². The molecule has 110 valence electrons. The fourth-order valence-corrected chi connectivity index (χ4v) is 3.34. The second-order valence-corrected chi connectivity index (χ2v) is 5.94. The molecule has 0 radical (unpaired) electrons. The largest absolute Gasteiger partial charge is 0.229 e. The lowest BCUT2D eigenvalue weighted by Crippen LogP contribution is -2.44. The summed E-state index contributed by atoms with van der Waals surface area (Å²) in [4.78, 5) is 9.34. The van der Waals surface area contributed by atoms with Crippen molar-refractivity contribution in [3.63, 3.8) is 0 Å². The summed E-state index contributed by atoms with van der Waals surface area (Å²) < 4.78 is 0. The molecule has 4 rings (SSSR count). The minimum Gasteiger partial charge on any atom is -0.229 e. The first-order valence-electron chi connectivity index (χ1n) is 6.96. The zero-order valence-corrected chi connectivity index (χ0v) is 13.4. The molecular weight excluding hydrogens is 312 g/mol. The molecule has 0 aromatic heterocycles. The molecule has 2 heterocycles. The first-order valence-corrected chi connectivity index (χ1v) is 8.00. The summed E-state index contributed by atoms with van der Waals surface area (Å²) in [6, 6.07) is 20.1. The molecule has 0 aliphatic carbocycles. The number of nitrogens with zero attached hydrogens (tertiary/aromatic N) is 4. The minimum absolute atomic E-state index is 0.300. The van der Waals surface area contributed by atoms with Gasteiger partial charge in [-0.25, -0.2) is 20.0 Å². The second-order valence-electron chi connectivity index (χ2n) is 5.02. The number of hydrazine groups is 1. The number of rotatable bonds is 2. The van der Waals surface area contributed by atoms with Crippen LogP contribution in [-0.2, 0) is 0 Å². The highest BCUT2D eigenvalue weighted by Gasteiger charge is 2.43. The fourth-order valence-electron chi connectivity index (χ4n) is 2.68. The Morgan fingerprint density at radius 2 is 1.00 bits per heavy atom. The van der Waals surface area contributed by atoms with Crippen molar-refractivity contribution in [2.24, 2.45) is 9.98 Å². The van der Waals surface area contributed by atoms with Crippen LogP contribution < -0.4 is 0 Å². The highest BCUT2D eigenvalue weighted by atomic mass is 32.1. The van der Waals surface area contributed by atoms with Gasteiger partial charge in [0.25, 0.3) is 0 Å². The molecule has 0 unspecified atom stereocenters. The number of thiol groups is 2. The predicted octanol–water partition coefficient (Wildman–Crippen LogP) is 2.85. The summed E-state index contributed by atoms with van der Waals surface area (Å²) in [5.74, 6) is 1.69. The molecule has 2 aliphatic rings. The van der Waals surface area contributed by atoms with Crippen molar-refractivity contribution in [3.05, 3.63) is 71.8 Å². The van der Waals surface area contributed by atoms with Crippen LogP contribution in [0, 0.1) is 0 Å². The molecule has 0 spiro atoms. The lowest BCUT2D eigenvalue weighted by atomic mass is 10.2. The maximum absolute atomic E-state index is 4.67. The number of fused-ring (bicyclic) bond motifs is 1. The fraction of sp³-hybridized carbons (Fsp3) is 0.125. The summed E-state index contributed by atoms with van der Waals surface area (Å²) in [6.45, 7) is 0. The van der Waals surface area contributed by atoms with Crippen LogP contribution in [-0.4, -0.2) is 32.7 Å². The maximum Gasteiger partial charge on any atom is 0.188 e. The Bertz CT molecular complexity index is 680. The van der Waals surface area contributed by atoms with Crippen molar-refractivity contribution in [2.75, 3.05) is 0 Å². The summed E-state index contributed by atoms with van der Waals surface area (Å²) in [6.07, 6.45) is 0. The standard InChI is InChI=1S/C16H14N4S2/c21-15-17-13(11-7-3-1-4-8-11)19-16(22)18-14(20(15)19)12-9-5-2-6-10-12/h1-10,15-16,21-22H/t15-,16-/m1/s1. The molecule has 2 aromatic rings. The normalized spacial score (nSPS) is 23.4. The Morgan fingerprint density at radius 3 is 1.36 bits per heavy atom. The Balaban J connectivity index is 1.73. The van der Waals surface area contributed by atoms with E-state index in [0.29, 0.717) is 0 Å². The zero-order chi connectivity index (χ0) is 15.1. The first kappa shape index (κ1) is 13.7. The summed E-state index contributed by atoms with van der Waals surface area (Å²) in [7, 11) is 0. The van der Waals surface area contributed by atoms with E-state index >= 15 is 0 Å². The van der Waals surface area contributed by atoms with Crippen LogP contribution in [0.15, 0.2) is 70.6 Å². The molecule has 0 fully saturated rings. The molecule has 2 aromatic carbocycles. The molecule has 2 atom stereocenters. The molecule has 6 heteroatoms. The minimum atomic E-state index is -0.300. The average Bonchev–Trinajstić information content (AvgIpc) is 3.09. The molecule has 0 N–H and O–H groups in total. The number of amidine groups is 2. The van der Waals surface area contributed by atoms with Gasteiger partial charge < -0.3 is 0 Å². The molecule has 22 heavy (non-hydrogen) atoms. The van der Waals surface area contributed by atoms with E-state index in [-0.39, 0.29) is 11.0 Å². The third-order valence-electron chi connectivity index (χ3n) is 3.64. The number of hydrogen-bond acceptors (Lipinski definition) is 6. The second kappa shape index (κ2) is 5.37. The van der Waals surface area contributed by atoms with Crippen LogP contribution in [0.4, 0.5) is 0 Å². The Kier molecular flexibility index (Phi) is 3.35. The van der Waals surface area contributed by atoms with E-state index in [9.17, 15) is 0 Å². The maximum atomic E-state index is 4.67. The van der Waals surface area contributed by atoms with Gasteiger partial charge in [-0.3, -0.25) is 0 Å². The van der Waals surface area contributed by atoms with Crippen LogP contribution in [0.2, 0.25) is 0 Å². The van der Waals surface area contributed by atoms with Gasteiger partial charge in [0.15, 0.2) is 22.7 Å². The molecule has 2 aliphatic heterocycles. The SMILES string of the molecule is S[C@@H]1N=C(c2ccccc2)N2[C@H](S)N=C(c3ccccc3)N12. The van der Waals surface area contributed by atoms with Gasteiger partial charge in [-0.05, 0) is 0 Å². The van der Waals surface area contributed by atoms with Crippen molar-refractivity contribution >= 4 is 36.9 Å². The molecule has 0 saturated carbocycles. The van der Waals surface area contributed by atoms with E-state index in [1.54, 1.807) is 0 Å². The third-order valence-corrected chi connectivity index (χ3v) is 4.31. The van der Waals surface area contributed by atoms with E-state index in [4.69, 9.17) is 0 Å². The van der Waals surface area contributed by atoms with Gasteiger partial charge >= 0.3 is 0 Å². The van der Waals surface area contributed by atoms with Crippen molar-refractivity contribution in [2.45, 2.75) is 11.0 Å². The predicted molar refractivity (Wildman–Crippen MR) is 95.2 cm³/mol. The third kappa shape index (κ3) is 2.10. The molecule has 0 amide bonds. The molecular formula is C16H14N4S2. The van der Waals surface area contributed by atoms with Crippen molar-refractivity contribution in [1.82, 2.24) is 10.0 Å². The van der Waals surface area contributed by atoms with Gasteiger partial charge in [-0.15, -0.1) is 25.3 Å². The van der Waals surface area contributed by atoms with Gasteiger partial charge in [0, 0.05) is 11.1 Å². The van der Waals surface area contributed by atoms with Gasteiger partial charge in [0.2, 0.25) is 0 Å². The first-order chi connectivity index (χ1) is 10.8. The summed E-state index contributed by atoms with van der Waals surface area (Å²) in [5, 5.41) is 3.97. The smallest absolute Gasteiger partial charge is 0.188 e. The highest BCUT2D eigenvalue weighted by Crippen LogP contribution is 2.33. The van der Waals surface area contributed by atoms with Gasteiger partial charge in [0.1, 0.15) is 0 Å². The van der Waals surface area contributed by atoms with Gasteiger partial charge in [0.05, 0.1) is 0 Å². The van der Waals surface area contributed by atoms with Gasteiger partial charge in [-0.2, -0.15) is 0 Å². The van der Waals surface area contributed by atoms with E-state index in [0.717, 1.165) is 22.8 Å². The van der Waals surface area contributed by atoms with E-state index in [1.807, 2.05) is 70.7 Å². The number of hydrogen-bond donors (Lipinski definition) is 2. The number of benzene rings is 2. The van der Waals surface area contributed by atoms with Crippen molar-refractivity contribution in [3.8, 4) is 0 Å². The summed E-state index contributed by atoms with van der Waals surface area (Å²) >= 11 is 9.22. The number of aliphatic imine (C=N–C) groups is 2. The Labute approximate surface area is 140 Å². The lowest BCUT2D eigenvalue weighted by Gasteiger charge is -2.29. The van der Waals surface area contributed by atoms with Gasteiger partial charge in [-0.1, -0.05) is 60.7 Å². The van der Waals surface area contributed by atoms with Crippen molar-refractivity contribution in [1.29, 1.82) is 0 Å². The van der Waals surface area contributed by atoms with E-state index in [1.165, 1.54) is 0 Å². The molecule has 0 saturated heterocycles. The molecule has 4 nitrogen and oxygen atoms in total. The van der Waals surface area contributed by atoms with E-state index in [2.05, 4.69) is 35.2 Å². The quantitative estimate of drug-likeness (QED) is 0.832. The van der Waals surface area contributed by atoms with Crippen molar-refractivity contribution < 1.29 is 0 Å². The van der Waals surface area contributed by atoms with Crippen LogP contribution >= 0.6 is 25.3 Å². The molecule has 0 bridgehead atoms. The topological polar surface area (TPSA) is 31.2 Å². The average molecular weight is 326 g/mol. The van der Waals surface area contributed by atoms with E-state index < -0.39 is 0 Å². The summed E-state index contributed by atoms with van der Waals surface area (Å²) in [5.41, 5.74) is 1.47. The highest BCUT2D eigenvalue weighted by molar-refractivity contribution is 7.81. The Morgan fingerprint density at radius 1 is 0.636 bits per heavy atom. The van der Waals surface area contributed by atoms with Crippen LogP contribution in [0.3, 0.4) is 0 Å². The van der Waals surface area contributed by atoms with Crippen LogP contribution in [0.5, 0.6) is 0 Å². The monoisotopic (exact) mass is 326 g/mol. The Hall–Kier alpha value is -1.92. The van der Waals surface area contributed by atoms with Crippen LogP contribution in [0.25, 0.3) is 0 Å².